The summed E-state index contributed by atoms with van der Waals surface area (Å²) < 4.78 is 16.0. The third-order valence-corrected chi connectivity index (χ3v) is 6.05. The molecule has 2 N–H and O–H groups in total. The summed E-state index contributed by atoms with van der Waals surface area (Å²) in [6.45, 7) is 1.74. The van der Waals surface area contributed by atoms with Crippen molar-refractivity contribution in [3.05, 3.63) is 60.3 Å². The number of hydrogen-bond acceptors (Lipinski definition) is 9. The van der Waals surface area contributed by atoms with Gasteiger partial charge in [-0.05, 0) is 75.9 Å². The van der Waals surface area contributed by atoms with Gasteiger partial charge in [0.05, 0.1) is 14.2 Å². The molecule has 0 spiro atoms. The standard InChI is InChI=1S/C29H38N6O5/c1-34(2)19-9-7-6-8-17-30-27(36)21-10-12-22(13-11-21)32-28-31-18-16-26(33-28)35(3)29(37)40-25-20-23(38-4)14-15-24(25)39-5/h10-16,18,20H,6-9,17,19H2,1-5H3,(H,30,36)(H,31,32,33). The second-order valence-electron chi connectivity index (χ2n) is 9.36. The molecule has 0 aliphatic rings. The van der Waals surface area contributed by atoms with Gasteiger partial charge in [-0.2, -0.15) is 4.98 Å². The van der Waals surface area contributed by atoms with E-state index in [4.69, 9.17) is 14.2 Å². The first-order chi connectivity index (χ1) is 19.3. The summed E-state index contributed by atoms with van der Waals surface area (Å²) in [4.78, 5) is 37.3. The van der Waals surface area contributed by atoms with Crippen LogP contribution in [0.5, 0.6) is 17.2 Å². The van der Waals surface area contributed by atoms with Crippen molar-refractivity contribution in [3.63, 3.8) is 0 Å². The third-order valence-electron chi connectivity index (χ3n) is 6.05. The van der Waals surface area contributed by atoms with Gasteiger partial charge in [0.1, 0.15) is 11.6 Å². The summed E-state index contributed by atoms with van der Waals surface area (Å²) in [5.41, 5.74) is 1.27. The van der Waals surface area contributed by atoms with Gasteiger partial charge < -0.3 is 29.7 Å². The molecule has 2 aromatic carbocycles. The Balaban J connectivity index is 1.53. The van der Waals surface area contributed by atoms with Gasteiger partial charge in [0, 0.05) is 37.1 Å². The first-order valence-electron chi connectivity index (χ1n) is 13.1. The van der Waals surface area contributed by atoms with Crippen molar-refractivity contribution in [1.29, 1.82) is 0 Å². The van der Waals surface area contributed by atoms with Crippen molar-refractivity contribution < 1.29 is 23.8 Å². The number of ether oxygens (including phenoxy) is 3. The molecule has 0 radical (unpaired) electrons. The molecule has 2 amide bonds. The molecule has 40 heavy (non-hydrogen) atoms. The van der Waals surface area contributed by atoms with Crippen LogP contribution >= 0.6 is 0 Å². The van der Waals surface area contributed by atoms with E-state index in [1.165, 1.54) is 38.8 Å². The summed E-state index contributed by atoms with van der Waals surface area (Å²) in [6, 6.07) is 13.5. The summed E-state index contributed by atoms with van der Waals surface area (Å²) in [6.07, 6.45) is 5.25. The van der Waals surface area contributed by atoms with Crippen LogP contribution in [0.1, 0.15) is 36.0 Å². The first-order valence-corrected chi connectivity index (χ1v) is 13.1. The van der Waals surface area contributed by atoms with Crippen LogP contribution < -0.4 is 29.7 Å². The van der Waals surface area contributed by atoms with Gasteiger partial charge in [0.15, 0.2) is 11.5 Å². The fourth-order valence-corrected chi connectivity index (χ4v) is 3.76. The fraction of sp³-hybridized carbons (Fsp3) is 0.379. The second-order valence-corrected chi connectivity index (χ2v) is 9.36. The number of anilines is 3. The SMILES string of the molecule is COc1ccc(OC)c(OC(=O)N(C)c2ccnc(Nc3ccc(C(=O)NCCCCCCN(C)C)cc3)n2)c1. The number of carbonyl (C=O) groups excluding carboxylic acids is 2. The van der Waals surface area contributed by atoms with Crippen molar-refractivity contribution in [3.8, 4) is 17.2 Å². The van der Waals surface area contributed by atoms with E-state index in [-0.39, 0.29) is 17.6 Å². The summed E-state index contributed by atoms with van der Waals surface area (Å²) in [5, 5.41) is 6.06. The molecular weight excluding hydrogens is 512 g/mol. The molecule has 0 aliphatic carbocycles. The molecule has 3 rings (SSSR count). The molecular formula is C29H38N6O5. The van der Waals surface area contributed by atoms with E-state index >= 15 is 0 Å². The molecule has 11 nitrogen and oxygen atoms in total. The van der Waals surface area contributed by atoms with Crippen LogP contribution in [0.25, 0.3) is 0 Å². The minimum Gasteiger partial charge on any atom is -0.497 e. The van der Waals surface area contributed by atoms with Crippen molar-refractivity contribution in [2.75, 3.05) is 58.7 Å². The van der Waals surface area contributed by atoms with E-state index in [0.29, 0.717) is 35.1 Å². The first kappa shape index (κ1) is 30.2. The second kappa shape index (κ2) is 15.3. The topological polar surface area (TPSA) is 118 Å². The Bertz CT molecular complexity index is 1250. The lowest BCUT2D eigenvalue weighted by Gasteiger charge is -2.18. The number of benzene rings is 2. The Morgan fingerprint density at radius 1 is 0.875 bits per heavy atom. The predicted molar refractivity (Wildman–Crippen MR) is 155 cm³/mol. The number of carbonyl (C=O) groups is 2. The zero-order valence-electron chi connectivity index (χ0n) is 23.8. The summed E-state index contributed by atoms with van der Waals surface area (Å²) in [5.74, 6) is 1.63. The van der Waals surface area contributed by atoms with Crippen LogP contribution in [0.2, 0.25) is 0 Å². The maximum absolute atomic E-state index is 12.8. The molecule has 11 heteroatoms. The Labute approximate surface area is 235 Å². The van der Waals surface area contributed by atoms with E-state index < -0.39 is 6.09 Å². The zero-order valence-corrected chi connectivity index (χ0v) is 23.8. The molecule has 0 saturated heterocycles. The number of unbranched alkanes of at least 4 members (excludes halogenated alkanes) is 3. The molecule has 1 aromatic heterocycles. The Kier molecular flexibility index (Phi) is 11.5. The number of nitrogens with one attached hydrogen (secondary N) is 2. The van der Waals surface area contributed by atoms with Crippen LogP contribution in [-0.4, -0.2) is 75.3 Å². The Morgan fingerprint density at radius 3 is 2.33 bits per heavy atom. The maximum atomic E-state index is 12.8. The highest BCUT2D eigenvalue weighted by Gasteiger charge is 2.18. The molecule has 3 aromatic rings. The highest BCUT2D eigenvalue weighted by Crippen LogP contribution is 2.32. The molecule has 0 bridgehead atoms. The molecule has 1 heterocycles. The molecule has 0 fully saturated rings. The monoisotopic (exact) mass is 550 g/mol. The van der Waals surface area contributed by atoms with E-state index in [0.717, 1.165) is 25.8 Å². The van der Waals surface area contributed by atoms with Crippen molar-refractivity contribution in [1.82, 2.24) is 20.2 Å². The smallest absolute Gasteiger partial charge is 0.420 e. The molecule has 0 aliphatic heterocycles. The quantitative estimate of drug-likeness (QED) is 0.275. The maximum Gasteiger partial charge on any atom is 0.420 e. The highest BCUT2D eigenvalue weighted by molar-refractivity contribution is 5.94. The van der Waals surface area contributed by atoms with Gasteiger partial charge in [0.25, 0.3) is 5.91 Å². The lowest BCUT2D eigenvalue weighted by molar-refractivity contribution is 0.0953. The fourth-order valence-electron chi connectivity index (χ4n) is 3.76. The van der Waals surface area contributed by atoms with E-state index in [1.54, 1.807) is 48.5 Å². The van der Waals surface area contributed by atoms with E-state index in [2.05, 4.69) is 39.6 Å². The predicted octanol–water partition coefficient (Wildman–Crippen LogP) is 4.72. The lowest BCUT2D eigenvalue weighted by atomic mass is 10.1. The number of hydrogen-bond donors (Lipinski definition) is 2. The minimum atomic E-state index is -0.667. The Morgan fingerprint density at radius 2 is 1.62 bits per heavy atom. The number of aromatic nitrogens is 2. The largest absolute Gasteiger partial charge is 0.497 e. The van der Waals surface area contributed by atoms with Crippen molar-refractivity contribution in [2.24, 2.45) is 0 Å². The van der Waals surface area contributed by atoms with E-state index in [9.17, 15) is 9.59 Å². The van der Waals surface area contributed by atoms with Crippen molar-refractivity contribution in [2.45, 2.75) is 25.7 Å². The van der Waals surface area contributed by atoms with Crippen LogP contribution in [0.4, 0.5) is 22.2 Å². The normalized spacial score (nSPS) is 10.7. The number of methoxy groups -OCH3 is 2. The number of rotatable bonds is 14. The van der Waals surface area contributed by atoms with Gasteiger partial charge in [-0.15, -0.1) is 0 Å². The van der Waals surface area contributed by atoms with Gasteiger partial charge in [-0.3, -0.25) is 9.69 Å². The molecule has 214 valence electrons. The zero-order chi connectivity index (χ0) is 28.9. The number of nitrogens with zero attached hydrogens (tertiary/aromatic N) is 4. The molecule has 0 unspecified atom stereocenters. The summed E-state index contributed by atoms with van der Waals surface area (Å²) >= 11 is 0. The van der Waals surface area contributed by atoms with Gasteiger partial charge >= 0.3 is 6.09 Å². The van der Waals surface area contributed by atoms with Gasteiger partial charge in [0.2, 0.25) is 5.95 Å². The minimum absolute atomic E-state index is 0.106. The average molecular weight is 551 g/mol. The van der Waals surface area contributed by atoms with Crippen LogP contribution in [0, 0.1) is 0 Å². The molecule has 0 saturated carbocycles. The van der Waals surface area contributed by atoms with Crippen LogP contribution in [0.3, 0.4) is 0 Å². The molecule has 0 atom stereocenters. The summed E-state index contributed by atoms with van der Waals surface area (Å²) in [7, 11) is 8.70. The van der Waals surface area contributed by atoms with Gasteiger partial charge in [-0.25, -0.2) is 9.78 Å². The number of amides is 2. The highest BCUT2D eigenvalue weighted by atomic mass is 16.6. The van der Waals surface area contributed by atoms with Gasteiger partial charge in [-0.1, -0.05) is 12.8 Å². The van der Waals surface area contributed by atoms with Crippen LogP contribution in [0.15, 0.2) is 54.7 Å². The van der Waals surface area contributed by atoms with Crippen LogP contribution in [-0.2, 0) is 0 Å². The van der Waals surface area contributed by atoms with E-state index in [1.807, 2.05) is 0 Å². The van der Waals surface area contributed by atoms with Crippen molar-refractivity contribution >= 4 is 29.5 Å². The Hall–Kier alpha value is -4.38. The lowest BCUT2D eigenvalue weighted by Crippen LogP contribution is -2.30. The third kappa shape index (κ3) is 9.12. The average Bonchev–Trinajstić information content (AvgIpc) is 2.96.